The molecule has 0 bridgehead atoms. The molecule has 8 N–H and O–H groups in total. The van der Waals surface area contributed by atoms with Gasteiger partial charge in [0.05, 0.1) is 18.2 Å². The average Bonchev–Trinajstić information content (AvgIpc) is 2.89. The first-order valence-electron chi connectivity index (χ1n) is 13.3. The molecule has 226 valence electrons. The summed E-state index contributed by atoms with van der Waals surface area (Å²) in [7, 11) is 6.77. The highest BCUT2D eigenvalue weighted by atomic mass is 16.3. The van der Waals surface area contributed by atoms with Gasteiger partial charge in [0, 0.05) is 38.0 Å². The maximum absolute atomic E-state index is 13.5. The number of aliphatic hydroxyl groups is 3. The van der Waals surface area contributed by atoms with E-state index in [2.05, 4.69) is 10.6 Å². The van der Waals surface area contributed by atoms with E-state index in [1.807, 2.05) is 6.92 Å². The Balaban J connectivity index is 2.71. The summed E-state index contributed by atoms with van der Waals surface area (Å²) in [4.78, 5) is 54.1. The number of benzene rings is 1. The van der Waals surface area contributed by atoms with Crippen molar-refractivity contribution in [1.29, 1.82) is 0 Å². The highest BCUT2D eigenvalue weighted by molar-refractivity contribution is 6.21. The third-order valence-corrected chi connectivity index (χ3v) is 6.85. The number of nitrogens with zero attached hydrogens (tertiary/aromatic N) is 2. The number of amides is 2. The van der Waals surface area contributed by atoms with E-state index in [-0.39, 0.29) is 36.5 Å². The summed E-state index contributed by atoms with van der Waals surface area (Å²) in [5, 5.41) is 48.8. The number of Topliss-reactive ketones (excluding diaryl/α,β-unsaturated/α-hetero) is 1. The Hall–Kier alpha value is -3.94. The van der Waals surface area contributed by atoms with E-state index in [9.17, 15) is 39.6 Å². The standard InChI is InChI=1S/C28H41N5O8/c1-6-30-14-21(36)31-13-15-11-18(33(4)5)16-9-7-8-10-17(32(2)3)25(38)23(28(29)41)27(40)26(39)20(35)12-19(34)22(16)24(15)37/h11-12,17,26,30,35,37-39H,6-10,13-14H2,1-5H3,(H2,29,41)(H,31,36)/b20-12-,25-23-/t17?,26-/m0/s1. The van der Waals surface area contributed by atoms with E-state index in [0.717, 1.165) is 0 Å². The Bertz CT molecular complexity index is 1240. The number of phenolic OH excluding ortho intramolecular Hbond substituents is 1. The number of hydrogen-bond acceptors (Lipinski definition) is 11. The number of nitrogens with two attached hydrogens (primary N) is 1. The monoisotopic (exact) mass is 575 g/mol. The summed E-state index contributed by atoms with van der Waals surface area (Å²) in [5.41, 5.74) is 5.60. The number of carbonyl (C=O) groups is 4. The minimum absolute atomic E-state index is 0.0649. The van der Waals surface area contributed by atoms with Gasteiger partial charge in [-0.1, -0.05) is 13.3 Å². The van der Waals surface area contributed by atoms with Gasteiger partial charge in [-0.15, -0.1) is 0 Å². The number of nitrogens with one attached hydrogen (secondary N) is 2. The Labute approximate surface area is 239 Å². The number of ketones is 2. The van der Waals surface area contributed by atoms with Gasteiger partial charge in [-0.2, -0.15) is 0 Å². The second-order valence-electron chi connectivity index (χ2n) is 10.3. The SMILES string of the molecule is CCNCC(=O)NCc1cc(N(C)C)c2c(c1O)C(=O)/C=C(\O)[C@H](O)C(=O)/C(C(N)=O)=C(/O)C(N(C)C)CCCC2. The van der Waals surface area contributed by atoms with Crippen LogP contribution in [0.25, 0.3) is 0 Å². The lowest BCUT2D eigenvalue weighted by Gasteiger charge is -2.26. The van der Waals surface area contributed by atoms with Crippen LogP contribution in [0.2, 0.25) is 0 Å². The van der Waals surface area contributed by atoms with E-state index < -0.39 is 52.5 Å². The quantitative estimate of drug-likeness (QED) is 0.208. The predicted octanol–water partition coefficient (Wildman–Crippen LogP) is 0.193. The van der Waals surface area contributed by atoms with Crippen LogP contribution >= 0.6 is 0 Å². The highest BCUT2D eigenvalue weighted by Gasteiger charge is 2.34. The molecular formula is C28H41N5O8. The molecule has 0 radical (unpaired) electrons. The summed E-state index contributed by atoms with van der Waals surface area (Å²) in [6, 6.07) is 0.856. The van der Waals surface area contributed by atoms with Crippen molar-refractivity contribution < 1.29 is 39.6 Å². The minimum atomic E-state index is -2.39. The van der Waals surface area contributed by atoms with E-state index in [1.165, 1.54) is 0 Å². The molecule has 1 aliphatic carbocycles. The maximum Gasteiger partial charge on any atom is 0.255 e. The second kappa shape index (κ2) is 14.6. The molecule has 0 aliphatic heterocycles. The Morgan fingerprint density at radius 3 is 2.32 bits per heavy atom. The fourth-order valence-electron chi connectivity index (χ4n) is 4.68. The van der Waals surface area contributed by atoms with Crippen LogP contribution in [0.3, 0.4) is 0 Å². The molecule has 1 aliphatic rings. The van der Waals surface area contributed by atoms with Crippen LogP contribution in [0, 0.1) is 0 Å². The first-order chi connectivity index (χ1) is 19.2. The van der Waals surface area contributed by atoms with Gasteiger partial charge in [0.2, 0.25) is 11.7 Å². The van der Waals surface area contributed by atoms with Gasteiger partial charge < -0.3 is 41.7 Å². The number of aliphatic hydroxyl groups excluding tert-OH is 3. The highest BCUT2D eigenvalue weighted by Crippen LogP contribution is 2.36. The smallest absolute Gasteiger partial charge is 0.255 e. The first kappa shape index (κ1) is 33.3. The van der Waals surface area contributed by atoms with Crippen LogP contribution < -0.4 is 21.3 Å². The molecule has 0 fully saturated rings. The zero-order valence-corrected chi connectivity index (χ0v) is 24.2. The number of allylic oxidation sites excluding steroid dienone is 1. The van der Waals surface area contributed by atoms with Crippen molar-refractivity contribution in [3.05, 3.63) is 45.9 Å². The Kier molecular flexibility index (Phi) is 11.9. The molecule has 41 heavy (non-hydrogen) atoms. The second-order valence-corrected chi connectivity index (χ2v) is 10.3. The van der Waals surface area contributed by atoms with Gasteiger partial charge in [0.25, 0.3) is 5.91 Å². The molecule has 2 atom stereocenters. The van der Waals surface area contributed by atoms with E-state index in [4.69, 9.17) is 5.73 Å². The van der Waals surface area contributed by atoms with E-state index in [1.54, 1.807) is 44.1 Å². The number of aromatic hydroxyl groups is 1. The molecule has 1 aromatic rings. The maximum atomic E-state index is 13.5. The van der Waals surface area contributed by atoms with Crippen molar-refractivity contribution in [3.63, 3.8) is 0 Å². The van der Waals surface area contributed by atoms with Crippen molar-refractivity contribution in [2.75, 3.05) is 46.2 Å². The van der Waals surface area contributed by atoms with Crippen LogP contribution in [0.1, 0.15) is 47.7 Å². The topological polar surface area (TPSA) is 206 Å². The van der Waals surface area contributed by atoms with Crippen LogP contribution in [-0.4, -0.2) is 102 Å². The summed E-state index contributed by atoms with van der Waals surface area (Å²) in [6.07, 6.45) is -0.266. The van der Waals surface area contributed by atoms with Crippen LogP contribution in [0.5, 0.6) is 5.75 Å². The number of hydrogen-bond donors (Lipinski definition) is 7. The Morgan fingerprint density at radius 1 is 1.10 bits per heavy atom. The fourth-order valence-corrected chi connectivity index (χ4v) is 4.68. The number of fused-ring (bicyclic) bond motifs is 1. The zero-order valence-electron chi connectivity index (χ0n) is 24.2. The number of primary amides is 1. The third-order valence-electron chi connectivity index (χ3n) is 6.85. The molecule has 0 aromatic heterocycles. The lowest BCUT2D eigenvalue weighted by molar-refractivity contribution is -0.126. The summed E-state index contributed by atoms with van der Waals surface area (Å²) in [6.45, 7) is 2.41. The van der Waals surface area contributed by atoms with Gasteiger partial charge in [0.15, 0.2) is 11.9 Å². The number of likely N-dealkylation sites (N-methyl/N-ethyl adjacent to an activating group) is 2. The summed E-state index contributed by atoms with van der Waals surface area (Å²) < 4.78 is 0. The van der Waals surface area contributed by atoms with Crippen molar-refractivity contribution in [3.8, 4) is 5.75 Å². The lowest BCUT2D eigenvalue weighted by atomic mass is 9.90. The van der Waals surface area contributed by atoms with Gasteiger partial charge in [-0.25, -0.2) is 0 Å². The molecule has 1 unspecified atom stereocenters. The van der Waals surface area contributed by atoms with Crippen molar-refractivity contribution in [1.82, 2.24) is 15.5 Å². The number of phenols is 1. The van der Waals surface area contributed by atoms with Crippen molar-refractivity contribution in [2.24, 2.45) is 5.73 Å². The molecule has 0 spiro atoms. The molecule has 0 saturated carbocycles. The van der Waals surface area contributed by atoms with Crippen LogP contribution in [0.4, 0.5) is 5.69 Å². The number of anilines is 1. The third kappa shape index (κ3) is 8.06. The molecule has 0 saturated heterocycles. The van der Waals surface area contributed by atoms with Gasteiger partial charge >= 0.3 is 0 Å². The Morgan fingerprint density at radius 2 is 1.76 bits per heavy atom. The fraction of sp³-hybridized carbons (Fsp3) is 0.500. The summed E-state index contributed by atoms with van der Waals surface area (Å²) in [5.74, 6) is -6.08. The molecule has 1 aromatic carbocycles. The lowest BCUT2D eigenvalue weighted by Crippen LogP contribution is -2.37. The zero-order chi connectivity index (χ0) is 31.0. The normalized spacial score (nSPS) is 22.0. The minimum Gasteiger partial charge on any atom is -0.510 e. The number of carbonyl (C=O) groups excluding carboxylic acids is 4. The molecule has 2 rings (SSSR count). The molecular weight excluding hydrogens is 534 g/mol. The summed E-state index contributed by atoms with van der Waals surface area (Å²) >= 11 is 0. The van der Waals surface area contributed by atoms with Crippen molar-refractivity contribution >= 4 is 29.1 Å². The largest absolute Gasteiger partial charge is 0.510 e. The molecule has 2 amide bonds. The van der Waals surface area contributed by atoms with E-state index >= 15 is 0 Å². The predicted molar refractivity (Wildman–Crippen MR) is 153 cm³/mol. The van der Waals surface area contributed by atoms with Crippen molar-refractivity contribution in [2.45, 2.75) is 51.3 Å². The van der Waals surface area contributed by atoms with Gasteiger partial charge in [-0.05, 0) is 51.5 Å². The van der Waals surface area contributed by atoms with Crippen LogP contribution in [0.15, 0.2) is 29.2 Å². The molecule has 13 heteroatoms. The molecule has 13 nitrogen and oxygen atoms in total. The van der Waals surface area contributed by atoms with Gasteiger partial charge in [-0.3, -0.25) is 24.1 Å². The van der Waals surface area contributed by atoms with E-state index in [0.29, 0.717) is 43.1 Å². The molecule has 0 heterocycles. The van der Waals surface area contributed by atoms with Crippen LogP contribution in [-0.2, 0) is 27.3 Å². The van der Waals surface area contributed by atoms with Gasteiger partial charge in [0.1, 0.15) is 22.8 Å². The first-order valence-corrected chi connectivity index (χ1v) is 13.3. The average molecular weight is 576 g/mol. The number of rotatable bonds is 8.